The van der Waals surface area contributed by atoms with Crippen molar-refractivity contribution in [1.29, 1.82) is 0 Å². The Morgan fingerprint density at radius 2 is 1.85 bits per heavy atom. The average Bonchev–Trinajstić information content (AvgIpc) is 3.22. The number of aliphatic hydroxyl groups is 1. The lowest BCUT2D eigenvalue weighted by molar-refractivity contribution is -0.140. The Morgan fingerprint density at radius 1 is 1.15 bits per heavy atom. The first-order valence-electron chi connectivity index (χ1n) is 14.2. The van der Waals surface area contributed by atoms with E-state index >= 15 is 0 Å². The van der Waals surface area contributed by atoms with Gasteiger partial charge in [-0.2, -0.15) is 5.10 Å². The maximum absolute atomic E-state index is 14.3. The average molecular weight is 654 g/mol. The van der Waals surface area contributed by atoms with E-state index < -0.39 is 45.0 Å². The Kier molecular flexibility index (Phi) is 8.78. The van der Waals surface area contributed by atoms with E-state index in [1.54, 1.807) is 58.2 Å². The zero-order valence-corrected chi connectivity index (χ0v) is 26.6. The zero-order valence-electron chi connectivity index (χ0n) is 25.8. The van der Waals surface area contributed by atoms with Gasteiger partial charge in [0, 0.05) is 29.6 Å². The fraction of sp³-hybridized carbons (Fsp3) is 0.344. The second-order valence-corrected chi connectivity index (χ2v) is 13.9. The number of para-hydroxylation sites is 1. The van der Waals surface area contributed by atoms with Crippen molar-refractivity contribution < 1.29 is 36.6 Å². The third-order valence-electron chi connectivity index (χ3n) is 6.85. The van der Waals surface area contributed by atoms with E-state index in [0.717, 1.165) is 24.5 Å². The Hall–Kier alpha value is -4.58. The molecule has 0 radical (unpaired) electrons. The first-order chi connectivity index (χ1) is 21.5. The molecule has 1 aliphatic heterocycles. The fourth-order valence-corrected chi connectivity index (χ4v) is 5.52. The van der Waals surface area contributed by atoms with Crippen molar-refractivity contribution in [3.05, 3.63) is 77.1 Å². The number of sulfonamides is 1. The minimum atomic E-state index is -3.65. The second-order valence-electron chi connectivity index (χ2n) is 12.1. The molecule has 0 unspecified atom stereocenters. The lowest BCUT2D eigenvalue weighted by Crippen LogP contribution is -2.48. The monoisotopic (exact) mass is 653 g/mol. The molecule has 3 heterocycles. The maximum atomic E-state index is 14.3. The highest BCUT2D eigenvalue weighted by Crippen LogP contribution is 2.36. The highest BCUT2D eigenvalue weighted by atomic mass is 32.2. The van der Waals surface area contributed by atoms with Crippen molar-refractivity contribution in [1.82, 2.24) is 20.1 Å². The van der Waals surface area contributed by atoms with Crippen LogP contribution in [0, 0.1) is 23.5 Å². The van der Waals surface area contributed by atoms with Crippen LogP contribution >= 0.6 is 0 Å². The first-order valence-corrected chi connectivity index (χ1v) is 16.1. The Bertz CT molecular complexity index is 1970. The number of alkyl carbamates (subject to hydrolysis) is 1. The Labute approximate surface area is 265 Å². The summed E-state index contributed by atoms with van der Waals surface area (Å²) in [6.45, 7) is 5.19. The van der Waals surface area contributed by atoms with Gasteiger partial charge < -0.3 is 19.9 Å². The summed E-state index contributed by atoms with van der Waals surface area (Å²) in [5.74, 6) is 4.17. The van der Waals surface area contributed by atoms with E-state index in [2.05, 4.69) is 27.0 Å². The van der Waals surface area contributed by atoms with Crippen LogP contribution < -0.4 is 10.0 Å². The van der Waals surface area contributed by atoms with Crippen molar-refractivity contribution in [2.75, 3.05) is 24.2 Å². The fourth-order valence-electron chi connectivity index (χ4n) is 5.02. The SMILES string of the molecule is Cn1nc(NS(C)(=O)=O)c2cccc(-c3ccc(C#CC4(O)COC4)nc3[C@H](Cc3cc(F)cc(F)c3)NC(=O)OC(C)(C)C)c21. The number of nitrogens with zero attached hydrogens (tertiary/aromatic N) is 3. The predicted molar refractivity (Wildman–Crippen MR) is 167 cm³/mol. The molecule has 4 aromatic rings. The van der Waals surface area contributed by atoms with Crippen molar-refractivity contribution in [3.63, 3.8) is 0 Å². The molecule has 11 nitrogen and oxygen atoms in total. The van der Waals surface area contributed by atoms with E-state index in [-0.39, 0.29) is 42.4 Å². The van der Waals surface area contributed by atoms with Gasteiger partial charge in [0.1, 0.15) is 22.9 Å². The third-order valence-corrected chi connectivity index (χ3v) is 7.41. The molecule has 242 valence electrons. The van der Waals surface area contributed by atoms with E-state index in [9.17, 15) is 27.1 Å². The number of aromatic nitrogens is 3. The molecular weight excluding hydrogens is 620 g/mol. The van der Waals surface area contributed by atoms with Gasteiger partial charge in [-0.05, 0) is 69.0 Å². The van der Waals surface area contributed by atoms with Crippen LogP contribution in [0.4, 0.5) is 19.4 Å². The van der Waals surface area contributed by atoms with Crippen LogP contribution in [0.25, 0.3) is 22.0 Å². The first kappa shape index (κ1) is 32.8. The topological polar surface area (TPSA) is 145 Å². The summed E-state index contributed by atoms with van der Waals surface area (Å²) in [7, 11) is -2.00. The number of carbonyl (C=O) groups is 1. The summed E-state index contributed by atoms with van der Waals surface area (Å²) in [6.07, 6.45) is 0.135. The van der Waals surface area contributed by atoms with Crippen LogP contribution in [-0.2, 0) is 33.0 Å². The minimum absolute atomic E-state index is 0.0469. The molecule has 0 aliphatic carbocycles. The molecule has 1 aliphatic rings. The van der Waals surface area contributed by atoms with E-state index in [4.69, 9.17) is 14.5 Å². The van der Waals surface area contributed by atoms with Crippen molar-refractivity contribution in [2.45, 2.75) is 44.4 Å². The number of pyridine rings is 1. The zero-order chi connectivity index (χ0) is 33.4. The molecule has 2 aromatic carbocycles. The molecule has 46 heavy (non-hydrogen) atoms. The molecule has 0 spiro atoms. The smallest absolute Gasteiger partial charge is 0.408 e. The minimum Gasteiger partial charge on any atom is -0.444 e. The van der Waals surface area contributed by atoms with Crippen molar-refractivity contribution >= 4 is 32.8 Å². The van der Waals surface area contributed by atoms with Crippen molar-refractivity contribution in [2.24, 2.45) is 7.05 Å². The number of fused-ring (bicyclic) bond motifs is 1. The maximum Gasteiger partial charge on any atom is 0.408 e. The van der Waals surface area contributed by atoms with E-state index in [1.807, 2.05) is 0 Å². The number of anilines is 1. The largest absolute Gasteiger partial charge is 0.444 e. The summed E-state index contributed by atoms with van der Waals surface area (Å²) < 4.78 is 67.2. The standard InChI is InChI=1S/C32H33F2N5O6S/c1-31(2,3)45-30(40)36-26(15-19-13-20(33)16-21(34)14-19)27-23(10-9-22(35-27)11-12-32(41)17-44-18-32)24-7-6-8-25-28(24)39(4)37-29(25)38-46(5,42)43/h6-10,13-14,16,26,41H,15,17-18H2,1-5H3,(H,36,40)(H,37,38)/t26-/m0/s1. The molecule has 5 rings (SSSR count). The summed E-state index contributed by atoms with van der Waals surface area (Å²) in [5.41, 5.74) is 0.190. The summed E-state index contributed by atoms with van der Waals surface area (Å²) >= 11 is 0. The van der Waals surface area contributed by atoms with Gasteiger partial charge in [0.05, 0.1) is 36.7 Å². The second kappa shape index (κ2) is 12.3. The predicted octanol–water partition coefficient (Wildman–Crippen LogP) is 4.21. The van der Waals surface area contributed by atoms with Crippen LogP contribution in [-0.4, -0.2) is 65.1 Å². The molecule has 1 saturated heterocycles. The van der Waals surface area contributed by atoms with Gasteiger partial charge in [-0.25, -0.2) is 27.0 Å². The number of nitrogens with one attached hydrogen (secondary N) is 2. The number of aryl methyl sites for hydroxylation is 1. The van der Waals surface area contributed by atoms with Crippen LogP contribution in [0.1, 0.15) is 43.8 Å². The normalized spacial score (nSPS) is 15.0. The molecule has 1 amide bonds. The highest BCUT2D eigenvalue weighted by Gasteiger charge is 2.34. The Balaban J connectivity index is 1.71. The van der Waals surface area contributed by atoms with Crippen molar-refractivity contribution in [3.8, 4) is 23.0 Å². The number of benzene rings is 2. The van der Waals surface area contributed by atoms with Crippen LogP contribution in [0.2, 0.25) is 0 Å². The lowest BCUT2D eigenvalue weighted by Gasteiger charge is -2.30. The quantitative estimate of drug-likeness (QED) is 0.252. The van der Waals surface area contributed by atoms with Gasteiger partial charge in [0.2, 0.25) is 10.0 Å². The highest BCUT2D eigenvalue weighted by molar-refractivity contribution is 7.92. The van der Waals surface area contributed by atoms with Gasteiger partial charge in [-0.1, -0.05) is 18.1 Å². The van der Waals surface area contributed by atoms with E-state index in [0.29, 0.717) is 22.0 Å². The molecule has 14 heteroatoms. The number of halogens is 2. The van der Waals surface area contributed by atoms with Crippen LogP contribution in [0.3, 0.4) is 0 Å². The summed E-state index contributed by atoms with van der Waals surface area (Å²) in [4.78, 5) is 17.9. The molecule has 1 atom stereocenters. The Morgan fingerprint density at radius 3 is 2.46 bits per heavy atom. The van der Waals surface area contributed by atoms with Gasteiger partial charge in [0.25, 0.3) is 0 Å². The van der Waals surface area contributed by atoms with Crippen LogP contribution in [0.15, 0.2) is 48.5 Å². The number of carbonyl (C=O) groups excluding carboxylic acids is 1. The number of amides is 1. The summed E-state index contributed by atoms with van der Waals surface area (Å²) in [6, 6.07) is 10.6. The van der Waals surface area contributed by atoms with Gasteiger partial charge in [-0.3, -0.25) is 9.40 Å². The molecule has 1 fully saturated rings. The van der Waals surface area contributed by atoms with E-state index in [1.165, 1.54) is 4.68 Å². The summed E-state index contributed by atoms with van der Waals surface area (Å²) in [5, 5.41) is 18.1. The molecule has 0 bridgehead atoms. The number of rotatable bonds is 7. The number of ether oxygens (including phenoxy) is 2. The molecule has 0 saturated carbocycles. The number of hydrogen-bond donors (Lipinski definition) is 3. The van der Waals surface area contributed by atoms with Gasteiger partial charge in [0.15, 0.2) is 11.4 Å². The number of hydrogen-bond acceptors (Lipinski definition) is 8. The molecule has 2 aromatic heterocycles. The molecule has 3 N–H and O–H groups in total. The van der Waals surface area contributed by atoms with Gasteiger partial charge in [-0.15, -0.1) is 0 Å². The lowest BCUT2D eigenvalue weighted by atomic mass is 9.93. The molecular formula is C32H33F2N5O6S. The third kappa shape index (κ3) is 7.79. The van der Waals surface area contributed by atoms with Crippen LogP contribution in [0.5, 0.6) is 0 Å². The van der Waals surface area contributed by atoms with Gasteiger partial charge >= 0.3 is 6.09 Å².